The highest BCUT2D eigenvalue weighted by molar-refractivity contribution is 5.81. The fourth-order valence-corrected chi connectivity index (χ4v) is 2.89. The third kappa shape index (κ3) is 2.85. The zero-order valence-corrected chi connectivity index (χ0v) is 14.5. The van der Waals surface area contributed by atoms with Gasteiger partial charge in [-0.05, 0) is 39.3 Å². The van der Waals surface area contributed by atoms with Crippen LogP contribution in [0.15, 0.2) is 29.2 Å². The van der Waals surface area contributed by atoms with Gasteiger partial charge in [0.15, 0.2) is 0 Å². The van der Waals surface area contributed by atoms with E-state index in [2.05, 4.69) is 16.3 Å². The standard InChI is InChI=1S/C18H22N4O2/c1-5-24-9-8-21-18(23)17-15(14(4)20-21)11-19-22(17)16-7-6-12(2)10-13(16)3/h6-7,10-11H,5,8-9H2,1-4H3. The fraction of sp³-hybridized carbons (Fsp3) is 0.389. The van der Waals surface area contributed by atoms with Crippen molar-refractivity contribution in [2.75, 3.05) is 13.2 Å². The van der Waals surface area contributed by atoms with Crippen molar-refractivity contribution >= 4 is 10.9 Å². The SMILES string of the molecule is CCOCCn1nc(C)c2cnn(-c3ccc(C)cc3C)c2c1=O. The van der Waals surface area contributed by atoms with Crippen molar-refractivity contribution in [1.29, 1.82) is 0 Å². The zero-order valence-electron chi connectivity index (χ0n) is 14.5. The summed E-state index contributed by atoms with van der Waals surface area (Å²) in [6, 6.07) is 6.11. The minimum absolute atomic E-state index is 0.146. The van der Waals surface area contributed by atoms with Crippen LogP contribution < -0.4 is 5.56 Å². The van der Waals surface area contributed by atoms with Gasteiger partial charge in [0.1, 0.15) is 5.52 Å². The van der Waals surface area contributed by atoms with E-state index < -0.39 is 0 Å². The summed E-state index contributed by atoms with van der Waals surface area (Å²) in [6.07, 6.45) is 1.71. The molecular weight excluding hydrogens is 304 g/mol. The molecule has 3 rings (SSSR count). The Morgan fingerprint density at radius 1 is 1.21 bits per heavy atom. The molecule has 0 saturated carbocycles. The molecule has 0 bridgehead atoms. The third-order valence-electron chi connectivity index (χ3n) is 4.10. The van der Waals surface area contributed by atoms with Gasteiger partial charge in [0.2, 0.25) is 0 Å². The third-order valence-corrected chi connectivity index (χ3v) is 4.10. The Labute approximate surface area is 140 Å². The van der Waals surface area contributed by atoms with Gasteiger partial charge in [-0.1, -0.05) is 17.7 Å². The molecule has 0 N–H and O–H groups in total. The van der Waals surface area contributed by atoms with E-state index in [0.29, 0.717) is 25.3 Å². The first-order valence-electron chi connectivity index (χ1n) is 8.13. The molecule has 0 saturated heterocycles. The average Bonchev–Trinajstić information content (AvgIpc) is 2.98. The first-order valence-corrected chi connectivity index (χ1v) is 8.13. The maximum absolute atomic E-state index is 12.9. The van der Waals surface area contributed by atoms with Gasteiger partial charge in [0, 0.05) is 12.0 Å². The predicted molar refractivity (Wildman–Crippen MR) is 93.8 cm³/mol. The minimum atomic E-state index is -0.146. The summed E-state index contributed by atoms with van der Waals surface area (Å²) in [6.45, 7) is 9.42. The number of rotatable bonds is 5. The lowest BCUT2D eigenvalue weighted by Crippen LogP contribution is -2.27. The molecular formula is C18H22N4O2. The number of aryl methyl sites for hydroxylation is 3. The molecule has 0 unspecified atom stereocenters. The second-order valence-corrected chi connectivity index (χ2v) is 5.92. The first kappa shape index (κ1) is 16.4. The molecule has 0 aliphatic heterocycles. The zero-order chi connectivity index (χ0) is 17.3. The summed E-state index contributed by atoms with van der Waals surface area (Å²) in [5, 5.41) is 9.62. The average molecular weight is 326 g/mol. The maximum Gasteiger partial charge on any atom is 0.293 e. The van der Waals surface area contributed by atoms with Crippen LogP contribution in [0.5, 0.6) is 0 Å². The second kappa shape index (κ2) is 6.57. The van der Waals surface area contributed by atoms with Crippen LogP contribution in [0, 0.1) is 20.8 Å². The Kier molecular flexibility index (Phi) is 4.49. The van der Waals surface area contributed by atoms with Crippen LogP contribution in [-0.2, 0) is 11.3 Å². The molecule has 0 aliphatic rings. The van der Waals surface area contributed by atoms with E-state index in [1.165, 1.54) is 10.2 Å². The van der Waals surface area contributed by atoms with Crippen LogP contribution in [0.25, 0.3) is 16.6 Å². The Balaban J connectivity index is 2.18. The van der Waals surface area contributed by atoms with Crippen molar-refractivity contribution in [3.05, 3.63) is 51.6 Å². The molecule has 126 valence electrons. The molecule has 0 fully saturated rings. The van der Waals surface area contributed by atoms with Crippen LogP contribution in [0.2, 0.25) is 0 Å². The van der Waals surface area contributed by atoms with Crippen molar-refractivity contribution < 1.29 is 4.74 Å². The summed E-state index contributed by atoms with van der Waals surface area (Å²) in [4.78, 5) is 12.9. The number of benzene rings is 1. The Morgan fingerprint density at radius 3 is 2.71 bits per heavy atom. The largest absolute Gasteiger partial charge is 0.380 e. The lowest BCUT2D eigenvalue weighted by molar-refractivity contribution is 0.135. The molecule has 6 nitrogen and oxygen atoms in total. The highest BCUT2D eigenvalue weighted by Crippen LogP contribution is 2.20. The van der Waals surface area contributed by atoms with Gasteiger partial charge in [-0.15, -0.1) is 0 Å². The van der Waals surface area contributed by atoms with E-state index in [1.54, 1.807) is 10.9 Å². The van der Waals surface area contributed by atoms with Gasteiger partial charge in [-0.2, -0.15) is 10.2 Å². The van der Waals surface area contributed by atoms with Gasteiger partial charge in [-0.3, -0.25) is 4.79 Å². The van der Waals surface area contributed by atoms with Gasteiger partial charge in [0.05, 0.1) is 30.7 Å². The number of ether oxygens (including phenoxy) is 1. The van der Waals surface area contributed by atoms with Crippen LogP contribution in [0.4, 0.5) is 0 Å². The maximum atomic E-state index is 12.9. The molecule has 0 amide bonds. The number of aromatic nitrogens is 4. The van der Waals surface area contributed by atoms with Gasteiger partial charge in [0.25, 0.3) is 5.56 Å². The second-order valence-electron chi connectivity index (χ2n) is 5.92. The van der Waals surface area contributed by atoms with Crippen molar-refractivity contribution in [2.24, 2.45) is 0 Å². The topological polar surface area (TPSA) is 61.9 Å². The van der Waals surface area contributed by atoms with E-state index in [4.69, 9.17) is 4.74 Å². The first-order chi connectivity index (χ1) is 11.5. The summed E-state index contributed by atoms with van der Waals surface area (Å²) in [5.41, 5.74) is 4.37. The van der Waals surface area contributed by atoms with Crippen molar-refractivity contribution in [3.8, 4) is 5.69 Å². The van der Waals surface area contributed by atoms with Crippen molar-refractivity contribution in [2.45, 2.75) is 34.2 Å². The normalized spacial score (nSPS) is 11.3. The van der Waals surface area contributed by atoms with Gasteiger partial charge in [-0.25, -0.2) is 9.36 Å². The minimum Gasteiger partial charge on any atom is -0.380 e. The van der Waals surface area contributed by atoms with E-state index in [1.807, 2.05) is 39.8 Å². The van der Waals surface area contributed by atoms with E-state index in [9.17, 15) is 4.79 Å². The Bertz CT molecular complexity index is 940. The molecule has 1 aromatic carbocycles. The lowest BCUT2D eigenvalue weighted by atomic mass is 10.1. The highest BCUT2D eigenvalue weighted by Gasteiger charge is 2.16. The monoisotopic (exact) mass is 326 g/mol. The molecule has 3 aromatic rings. The molecule has 0 atom stereocenters. The van der Waals surface area contributed by atoms with E-state index >= 15 is 0 Å². The molecule has 0 aliphatic carbocycles. The number of hydrogen-bond acceptors (Lipinski definition) is 4. The quantitative estimate of drug-likeness (QED) is 0.676. The number of hydrogen-bond donors (Lipinski definition) is 0. The lowest BCUT2D eigenvalue weighted by Gasteiger charge is -2.10. The molecule has 2 heterocycles. The molecule has 6 heteroatoms. The van der Waals surface area contributed by atoms with Gasteiger partial charge >= 0.3 is 0 Å². The van der Waals surface area contributed by atoms with Crippen LogP contribution in [-0.4, -0.2) is 32.8 Å². The number of nitrogens with zero attached hydrogens (tertiary/aromatic N) is 4. The fourth-order valence-electron chi connectivity index (χ4n) is 2.89. The van der Waals surface area contributed by atoms with E-state index in [-0.39, 0.29) is 5.56 Å². The molecule has 24 heavy (non-hydrogen) atoms. The predicted octanol–water partition coefficient (Wildman–Crippen LogP) is 2.54. The molecule has 0 spiro atoms. The summed E-state index contributed by atoms with van der Waals surface area (Å²) >= 11 is 0. The highest BCUT2D eigenvalue weighted by atomic mass is 16.5. The van der Waals surface area contributed by atoms with Crippen molar-refractivity contribution in [3.63, 3.8) is 0 Å². The summed E-state index contributed by atoms with van der Waals surface area (Å²) in [5.74, 6) is 0. The molecule has 2 aromatic heterocycles. The van der Waals surface area contributed by atoms with Crippen LogP contribution >= 0.6 is 0 Å². The summed E-state index contributed by atoms with van der Waals surface area (Å²) in [7, 11) is 0. The Hall–Kier alpha value is -2.47. The number of fused-ring (bicyclic) bond motifs is 1. The van der Waals surface area contributed by atoms with E-state index in [0.717, 1.165) is 22.3 Å². The molecule has 0 radical (unpaired) electrons. The van der Waals surface area contributed by atoms with Crippen LogP contribution in [0.3, 0.4) is 0 Å². The van der Waals surface area contributed by atoms with Crippen LogP contribution in [0.1, 0.15) is 23.7 Å². The van der Waals surface area contributed by atoms with Crippen molar-refractivity contribution in [1.82, 2.24) is 19.6 Å². The summed E-state index contributed by atoms with van der Waals surface area (Å²) < 4.78 is 8.54. The smallest absolute Gasteiger partial charge is 0.293 e. The Morgan fingerprint density at radius 2 is 2.00 bits per heavy atom. The van der Waals surface area contributed by atoms with Gasteiger partial charge < -0.3 is 4.74 Å².